The number of nitrogens with one attached hydrogen (secondary N) is 2. The van der Waals surface area contributed by atoms with Gasteiger partial charge in [0, 0.05) is 42.0 Å². The molecule has 0 fully saturated rings. The number of benzene rings is 1. The predicted molar refractivity (Wildman–Crippen MR) is 95.9 cm³/mol. The van der Waals surface area contributed by atoms with Crippen molar-refractivity contribution in [2.75, 3.05) is 17.7 Å². The largest absolute Gasteiger partial charge is 0.383 e. The minimum Gasteiger partial charge on any atom is -0.383 e. The summed E-state index contributed by atoms with van der Waals surface area (Å²) in [4.78, 5) is 31.3. The number of carbonyl (C=O) groups excluding carboxylic acids is 1. The Morgan fingerprint density at radius 2 is 2.16 bits per heavy atom. The van der Waals surface area contributed by atoms with Crippen molar-refractivity contribution in [1.82, 2.24) is 9.97 Å². The molecule has 3 rings (SSSR count). The van der Waals surface area contributed by atoms with Crippen molar-refractivity contribution in [2.45, 2.75) is 0 Å². The minimum atomic E-state index is -0.535. The number of hydrogen-bond donors (Lipinski definition) is 2. The summed E-state index contributed by atoms with van der Waals surface area (Å²) in [5.74, 6) is -0.460. The van der Waals surface area contributed by atoms with Crippen LogP contribution in [-0.4, -0.2) is 27.8 Å². The normalized spacial score (nSPS) is 10.3. The van der Waals surface area contributed by atoms with Crippen molar-refractivity contribution < 1.29 is 9.72 Å². The number of nitro benzene ring substituents is 1. The zero-order valence-corrected chi connectivity index (χ0v) is 13.9. The Hall–Kier alpha value is -3.33. The highest BCUT2D eigenvalue weighted by atomic mass is 32.1. The average Bonchev–Trinajstić information content (AvgIpc) is 3.10. The molecule has 2 heterocycles. The third-order valence-electron chi connectivity index (χ3n) is 3.41. The van der Waals surface area contributed by atoms with Crippen LogP contribution in [-0.2, 0) is 0 Å². The fraction of sp³-hybridized carbons (Fsp3) is 0.0625. The maximum absolute atomic E-state index is 12.3. The average molecular weight is 355 g/mol. The van der Waals surface area contributed by atoms with Gasteiger partial charge < -0.3 is 5.32 Å². The lowest BCUT2D eigenvalue weighted by atomic mass is 10.1. The van der Waals surface area contributed by atoms with E-state index in [-0.39, 0.29) is 11.3 Å². The fourth-order valence-electron chi connectivity index (χ4n) is 2.18. The summed E-state index contributed by atoms with van der Waals surface area (Å²) in [6.45, 7) is 0. The molecule has 0 saturated carbocycles. The van der Waals surface area contributed by atoms with E-state index >= 15 is 0 Å². The van der Waals surface area contributed by atoms with Gasteiger partial charge >= 0.3 is 0 Å². The van der Waals surface area contributed by atoms with Crippen LogP contribution < -0.4 is 10.6 Å². The monoisotopic (exact) mass is 355 g/mol. The molecule has 0 aliphatic carbocycles. The van der Waals surface area contributed by atoms with Crippen molar-refractivity contribution in [3.8, 4) is 11.3 Å². The van der Waals surface area contributed by atoms with Gasteiger partial charge in [0.1, 0.15) is 5.69 Å². The van der Waals surface area contributed by atoms with Gasteiger partial charge in [-0.1, -0.05) is 0 Å². The van der Waals surface area contributed by atoms with Gasteiger partial charge in [0.05, 0.1) is 10.6 Å². The number of nitro groups is 1. The molecule has 2 N–H and O–H groups in total. The summed E-state index contributed by atoms with van der Waals surface area (Å²) in [7, 11) is 1.58. The van der Waals surface area contributed by atoms with Crippen LogP contribution in [0.2, 0.25) is 0 Å². The highest BCUT2D eigenvalue weighted by Crippen LogP contribution is 2.27. The van der Waals surface area contributed by atoms with Crippen molar-refractivity contribution in [1.29, 1.82) is 0 Å². The van der Waals surface area contributed by atoms with E-state index in [1.165, 1.54) is 29.5 Å². The van der Waals surface area contributed by atoms with Crippen LogP contribution in [0.5, 0.6) is 0 Å². The number of amides is 1. The first-order valence-electron chi connectivity index (χ1n) is 7.22. The first-order valence-corrected chi connectivity index (χ1v) is 8.10. The Bertz CT molecular complexity index is 927. The number of rotatable bonds is 5. The lowest BCUT2D eigenvalue weighted by Crippen LogP contribution is -2.12. The van der Waals surface area contributed by atoms with Crippen molar-refractivity contribution in [3.05, 3.63) is 63.8 Å². The minimum absolute atomic E-state index is 0.162. The van der Waals surface area contributed by atoms with Crippen LogP contribution in [0, 0.1) is 10.1 Å². The highest BCUT2D eigenvalue weighted by Gasteiger charge is 2.17. The summed E-state index contributed by atoms with van der Waals surface area (Å²) < 4.78 is 0. The smallest absolute Gasteiger partial charge is 0.293 e. The predicted octanol–water partition coefficient (Wildman–Crippen LogP) is 3.41. The van der Waals surface area contributed by atoms with Gasteiger partial charge in [-0.25, -0.2) is 4.98 Å². The third kappa shape index (κ3) is 3.61. The number of carbonyl (C=O) groups is 1. The molecule has 3 aromatic rings. The molecule has 0 atom stereocenters. The standard InChI is InChI=1S/C16H13N5O3S/c1-17-12-5-4-10(7-14(12)21(23)24)15(22)20-16-19-13(9-25-16)11-3-2-6-18-8-11/h2-9,17H,1H3,(H,19,20,22). The maximum Gasteiger partial charge on any atom is 0.293 e. The van der Waals surface area contributed by atoms with Crippen molar-refractivity contribution in [3.63, 3.8) is 0 Å². The summed E-state index contributed by atoms with van der Waals surface area (Å²) in [6, 6.07) is 7.92. The Balaban J connectivity index is 1.80. The van der Waals surface area contributed by atoms with Crippen molar-refractivity contribution >= 4 is 33.8 Å². The second kappa shape index (κ2) is 7.05. The Morgan fingerprint density at radius 3 is 2.84 bits per heavy atom. The van der Waals surface area contributed by atoms with Gasteiger partial charge in [0.2, 0.25) is 0 Å². The zero-order valence-electron chi connectivity index (χ0n) is 13.1. The number of nitrogens with zero attached hydrogens (tertiary/aromatic N) is 3. The first kappa shape index (κ1) is 16.5. The number of pyridine rings is 1. The van der Waals surface area contributed by atoms with Crippen LogP contribution in [0.4, 0.5) is 16.5 Å². The van der Waals surface area contributed by atoms with Crippen LogP contribution in [0.25, 0.3) is 11.3 Å². The summed E-state index contributed by atoms with van der Waals surface area (Å²) in [5.41, 5.74) is 1.90. The summed E-state index contributed by atoms with van der Waals surface area (Å²) >= 11 is 1.27. The Kier molecular flexibility index (Phi) is 4.66. The van der Waals surface area contributed by atoms with Crippen LogP contribution >= 0.6 is 11.3 Å². The van der Waals surface area contributed by atoms with E-state index in [0.717, 1.165) is 5.56 Å². The van der Waals surface area contributed by atoms with Gasteiger partial charge in [-0.3, -0.25) is 25.2 Å². The molecule has 8 nitrogen and oxygen atoms in total. The molecule has 25 heavy (non-hydrogen) atoms. The second-order valence-electron chi connectivity index (χ2n) is 4.97. The molecular weight excluding hydrogens is 342 g/mol. The number of hydrogen-bond acceptors (Lipinski definition) is 7. The highest BCUT2D eigenvalue weighted by molar-refractivity contribution is 7.14. The van der Waals surface area contributed by atoms with E-state index in [1.807, 2.05) is 6.07 Å². The summed E-state index contributed by atoms with van der Waals surface area (Å²) in [5, 5.41) is 18.7. The van der Waals surface area contributed by atoms with Gasteiger partial charge in [-0.15, -0.1) is 11.3 Å². The molecule has 126 valence electrons. The third-order valence-corrected chi connectivity index (χ3v) is 4.17. The summed E-state index contributed by atoms with van der Waals surface area (Å²) in [6.07, 6.45) is 3.35. The Morgan fingerprint density at radius 1 is 1.32 bits per heavy atom. The van der Waals surface area contributed by atoms with E-state index in [0.29, 0.717) is 16.5 Å². The molecule has 1 aromatic carbocycles. The maximum atomic E-state index is 12.3. The lowest BCUT2D eigenvalue weighted by molar-refractivity contribution is -0.384. The molecule has 0 aliphatic heterocycles. The number of aromatic nitrogens is 2. The van der Waals surface area contributed by atoms with Gasteiger partial charge in [0.15, 0.2) is 5.13 Å². The molecule has 0 bridgehead atoms. The van der Waals surface area contributed by atoms with E-state index in [2.05, 4.69) is 20.6 Å². The van der Waals surface area contributed by atoms with Crippen LogP contribution in [0.1, 0.15) is 10.4 Å². The van der Waals surface area contributed by atoms with E-state index in [1.54, 1.807) is 30.9 Å². The van der Waals surface area contributed by atoms with E-state index in [9.17, 15) is 14.9 Å². The van der Waals surface area contributed by atoms with Crippen molar-refractivity contribution in [2.24, 2.45) is 0 Å². The second-order valence-corrected chi connectivity index (χ2v) is 5.83. The quantitative estimate of drug-likeness (QED) is 0.536. The number of thiazole rings is 1. The SMILES string of the molecule is CNc1ccc(C(=O)Nc2nc(-c3cccnc3)cs2)cc1[N+](=O)[O-]. The van der Waals surface area contributed by atoms with E-state index in [4.69, 9.17) is 0 Å². The molecule has 0 radical (unpaired) electrons. The van der Waals surface area contributed by atoms with Crippen LogP contribution in [0.3, 0.4) is 0 Å². The van der Waals surface area contributed by atoms with Gasteiger partial charge in [0.25, 0.3) is 11.6 Å². The molecule has 0 unspecified atom stereocenters. The Labute approximate surface area is 146 Å². The molecule has 0 saturated heterocycles. The van der Waals surface area contributed by atoms with Gasteiger partial charge in [-0.2, -0.15) is 0 Å². The molecule has 1 amide bonds. The zero-order chi connectivity index (χ0) is 17.8. The molecule has 9 heteroatoms. The van der Waals surface area contributed by atoms with Gasteiger partial charge in [-0.05, 0) is 24.3 Å². The van der Waals surface area contributed by atoms with Crippen LogP contribution in [0.15, 0.2) is 48.1 Å². The molecule has 2 aromatic heterocycles. The topological polar surface area (TPSA) is 110 Å². The molecular formula is C16H13N5O3S. The molecule has 0 spiro atoms. The lowest BCUT2D eigenvalue weighted by Gasteiger charge is -2.05. The molecule has 0 aliphatic rings. The fourth-order valence-corrected chi connectivity index (χ4v) is 2.90. The number of anilines is 2. The van der Waals surface area contributed by atoms with E-state index < -0.39 is 10.8 Å². The first-order chi connectivity index (χ1) is 12.1.